The highest BCUT2D eigenvalue weighted by Gasteiger charge is 2.51. The highest BCUT2D eigenvalue weighted by Crippen LogP contribution is 2.36. The summed E-state index contributed by atoms with van der Waals surface area (Å²) >= 11 is 0. The van der Waals surface area contributed by atoms with Gasteiger partial charge < -0.3 is 26.4 Å². The van der Waals surface area contributed by atoms with Crippen LogP contribution in [-0.2, 0) is 27.0 Å². The number of hydrogen-bond acceptors (Lipinski definition) is 5. The Hall–Kier alpha value is -2.66. The molecule has 2 aliphatic rings. The first-order valence-corrected chi connectivity index (χ1v) is 10.9. The van der Waals surface area contributed by atoms with Crippen LogP contribution in [0.2, 0.25) is 0 Å². The van der Waals surface area contributed by atoms with Crippen LogP contribution >= 0.6 is 0 Å². The Kier molecular flexibility index (Phi) is 7.04. The van der Waals surface area contributed by atoms with Gasteiger partial charge in [0.2, 0.25) is 17.7 Å². The molecule has 2 fully saturated rings. The van der Waals surface area contributed by atoms with Gasteiger partial charge in [0.15, 0.2) is 0 Å². The quantitative estimate of drug-likeness (QED) is 0.566. The topological polar surface area (TPSA) is 130 Å². The molecule has 1 aromatic carbocycles. The first-order chi connectivity index (χ1) is 15.4. The lowest BCUT2D eigenvalue weighted by molar-refractivity contribution is -0.151. The molecule has 5 N–H and O–H groups in total. The van der Waals surface area contributed by atoms with Gasteiger partial charge in [-0.2, -0.15) is 13.2 Å². The molecular formula is C22H29F3N4O4. The number of nitrogens with two attached hydrogens (primary N) is 2. The number of alkyl halides is 3. The number of aliphatic hydroxyl groups excluding tert-OH is 1. The maximum atomic E-state index is 13.5. The third-order valence-electron chi connectivity index (χ3n) is 6.62. The van der Waals surface area contributed by atoms with Crippen LogP contribution in [0, 0.1) is 0 Å². The Morgan fingerprint density at radius 1 is 1.18 bits per heavy atom. The van der Waals surface area contributed by atoms with E-state index in [0.29, 0.717) is 31.4 Å². The molecule has 0 unspecified atom stereocenters. The molecular weight excluding hydrogens is 441 g/mol. The van der Waals surface area contributed by atoms with Crippen molar-refractivity contribution in [2.75, 3.05) is 13.1 Å². The molecule has 3 rings (SSSR count). The molecule has 4 atom stereocenters. The number of halogens is 3. The number of aliphatic hydroxyl groups is 1. The molecule has 33 heavy (non-hydrogen) atoms. The minimum atomic E-state index is -4.49. The number of carbonyl (C=O) groups excluding carboxylic acids is 3. The summed E-state index contributed by atoms with van der Waals surface area (Å²) < 4.78 is 38.7. The van der Waals surface area contributed by atoms with Crippen molar-refractivity contribution in [3.05, 3.63) is 35.4 Å². The van der Waals surface area contributed by atoms with Crippen molar-refractivity contribution in [3.8, 4) is 0 Å². The van der Waals surface area contributed by atoms with Gasteiger partial charge in [-0.15, -0.1) is 0 Å². The van der Waals surface area contributed by atoms with E-state index in [1.807, 2.05) is 0 Å². The summed E-state index contributed by atoms with van der Waals surface area (Å²) in [6.45, 7) is 1.92. The van der Waals surface area contributed by atoms with Gasteiger partial charge in [-0.3, -0.25) is 14.4 Å². The largest absolute Gasteiger partial charge is 0.416 e. The highest BCUT2D eigenvalue weighted by molar-refractivity contribution is 5.95. The van der Waals surface area contributed by atoms with Crippen LogP contribution in [0.5, 0.6) is 0 Å². The molecule has 2 saturated heterocycles. The first-order valence-electron chi connectivity index (χ1n) is 10.9. The second-order valence-corrected chi connectivity index (χ2v) is 8.82. The third kappa shape index (κ3) is 4.84. The smallest absolute Gasteiger partial charge is 0.391 e. The van der Waals surface area contributed by atoms with Gasteiger partial charge >= 0.3 is 6.18 Å². The van der Waals surface area contributed by atoms with E-state index in [2.05, 4.69) is 0 Å². The van der Waals surface area contributed by atoms with Crippen LogP contribution in [-0.4, -0.2) is 69.4 Å². The molecule has 0 saturated carbocycles. The van der Waals surface area contributed by atoms with Crippen molar-refractivity contribution < 1.29 is 32.7 Å². The molecule has 0 bridgehead atoms. The second kappa shape index (κ2) is 9.30. The van der Waals surface area contributed by atoms with Crippen LogP contribution in [0.4, 0.5) is 13.2 Å². The minimum absolute atomic E-state index is 0.0277. The molecule has 11 heteroatoms. The summed E-state index contributed by atoms with van der Waals surface area (Å²) in [6.07, 6.45) is -3.91. The molecule has 0 aliphatic carbocycles. The minimum Gasteiger partial charge on any atom is -0.391 e. The Morgan fingerprint density at radius 2 is 1.82 bits per heavy atom. The second-order valence-electron chi connectivity index (χ2n) is 8.82. The number of rotatable bonds is 6. The summed E-state index contributed by atoms with van der Waals surface area (Å²) in [5, 5.41) is 9.68. The van der Waals surface area contributed by atoms with Gasteiger partial charge in [0.25, 0.3) is 0 Å². The SMILES string of the molecule is C[C@@H](O)[C@H](N)C(=O)N1CCC[C@H]1C(=O)N1CCC[C@@]1(Cc1ccc(C(F)(F)F)cc1)C(N)=O. The maximum absolute atomic E-state index is 13.5. The fraction of sp³-hybridized carbons (Fsp3) is 0.591. The van der Waals surface area contributed by atoms with E-state index >= 15 is 0 Å². The summed E-state index contributed by atoms with van der Waals surface area (Å²) in [4.78, 5) is 41.5. The van der Waals surface area contributed by atoms with Crippen molar-refractivity contribution in [1.82, 2.24) is 9.80 Å². The maximum Gasteiger partial charge on any atom is 0.416 e. The van der Waals surface area contributed by atoms with E-state index < -0.39 is 53.2 Å². The van der Waals surface area contributed by atoms with E-state index in [4.69, 9.17) is 11.5 Å². The Balaban J connectivity index is 1.86. The molecule has 0 aromatic heterocycles. The van der Waals surface area contributed by atoms with Crippen molar-refractivity contribution in [3.63, 3.8) is 0 Å². The van der Waals surface area contributed by atoms with Gasteiger partial charge in [-0.25, -0.2) is 0 Å². The summed E-state index contributed by atoms with van der Waals surface area (Å²) in [7, 11) is 0. The van der Waals surface area contributed by atoms with Crippen LogP contribution in [0.25, 0.3) is 0 Å². The lowest BCUT2D eigenvalue weighted by atomic mass is 9.86. The monoisotopic (exact) mass is 470 g/mol. The average Bonchev–Trinajstić information content (AvgIpc) is 3.40. The van der Waals surface area contributed by atoms with Gasteiger partial charge in [0.05, 0.1) is 11.7 Å². The van der Waals surface area contributed by atoms with E-state index in [1.54, 1.807) is 0 Å². The number of likely N-dealkylation sites (tertiary alicyclic amines) is 2. The Morgan fingerprint density at radius 3 is 2.36 bits per heavy atom. The number of hydrogen-bond donors (Lipinski definition) is 3. The van der Waals surface area contributed by atoms with Gasteiger partial charge in [0, 0.05) is 19.5 Å². The number of amides is 3. The predicted octanol–water partition coefficient (Wildman–Crippen LogP) is 0.794. The van der Waals surface area contributed by atoms with E-state index in [1.165, 1.54) is 28.9 Å². The normalized spacial score (nSPS) is 25.2. The lowest BCUT2D eigenvalue weighted by Gasteiger charge is -2.39. The van der Waals surface area contributed by atoms with Crippen molar-refractivity contribution in [1.29, 1.82) is 0 Å². The van der Waals surface area contributed by atoms with Gasteiger partial charge in [0.1, 0.15) is 17.6 Å². The fourth-order valence-corrected chi connectivity index (χ4v) is 4.74. The molecule has 8 nitrogen and oxygen atoms in total. The zero-order valence-electron chi connectivity index (χ0n) is 18.3. The summed E-state index contributed by atoms with van der Waals surface area (Å²) in [5.74, 6) is -1.74. The molecule has 0 radical (unpaired) electrons. The molecule has 1 aromatic rings. The van der Waals surface area contributed by atoms with Crippen molar-refractivity contribution in [2.24, 2.45) is 11.5 Å². The molecule has 182 valence electrons. The van der Waals surface area contributed by atoms with E-state index in [-0.39, 0.29) is 19.4 Å². The number of benzene rings is 1. The van der Waals surface area contributed by atoms with Crippen LogP contribution in [0.3, 0.4) is 0 Å². The highest BCUT2D eigenvalue weighted by atomic mass is 19.4. The average molecular weight is 470 g/mol. The van der Waals surface area contributed by atoms with Gasteiger partial charge in [-0.1, -0.05) is 12.1 Å². The number of carbonyl (C=O) groups is 3. The molecule has 0 spiro atoms. The molecule has 2 aliphatic heterocycles. The summed E-state index contributed by atoms with van der Waals surface area (Å²) in [6, 6.07) is 2.40. The fourth-order valence-electron chi connectivity index (χ4n) is 4.74. The lowest BCUT2D eigenvalue weighted by Crippen LogP contribution is -2.62. The third-order valence-corrected chi connectivity index (χ3v) is 6.62. The Labute approximate surface area is 189 Å². The molecule has 2 heterocycles. The van der Waals surface area contributed by atoms with Gasteiger partial charge in [-0.05, 0) is 50.3 Å². The number of nitrogens with zero attached hydrogens (tertiary/aromatic N) is 2. The van der Waals surface area contributed by atoms with Crippen LogP contribution < -0.4 is 11.5 Å². The van der Waals surface area contributed by atoms with Crippen molar-refractivity contribution in [2.45, 2.75) is 68.9 Å². The van der Waals surface area contributed by atoms with Crippen LogP contribution in [0.15, 0.2) is 24.3 Å². The van der Waals surface area contributed by atoms with E-state index in [9.17, 15) is 32.7 Å². The molecule has 3 amide bonds. The zero-order chi connectivity index (χ0) is 24.6. The van der Waals surface area contributed by atoms with E-state index in [0.717, 1.165) is 12.1 Å². The first kappa shape index (κ1) is 25.0. The Bertz CT molecular complexity index is 906. The standard InChI is InChI=1S/C22H29F3N4O4/c1-13(30)17(26)19(32)28-10-2-4-16(28)18(31)29-11-3-9-21(29,20(27)33)12-14-5-7-15(8-6-14)22(23,24)25/h5-8,13,16-17,30H,2-4,9-12,26H2,1H3,(H2,27,33)/t13-,16+,17+,21-/m1/s1. The number of primary amides is 1. The zero-order valence-corrected chi connectivity index (χ0v) is 18.3. The van der Waals surface area contributed by atoms with Crippen LogP contribution in [0.1, 0.15) is 43.7 Å². The predicted molar refractivity (Wildman–Crippen MR) is 112 cm³/mol. The summed E-state index contributed by atoms with van der Waals surface area (Å²) in [5.41, 5.74) is 9.75. The van der Waals surface area contributed by atoms with Crippen molar-refractivity contribution >= 4 is 17.7 Å².